The van der Waals surface area contributed by atoms with Gasteiger partial charge in [-0.2, -0.15) is 0 Å². The molecule has 5 heteroatoms. The van der Waals surface area contributed by atoms with Gasteiger partial charge in [0, 0.05) is 25.4 Å². The maximum absolute atomic E-state index is 12.2. The largest absolute Gasteiger partial charge is 0.339 e. The summed E-state index contributed by atoms with van der Waals surface area (Å²) in [5.74, 6) is -0.0347. The zero-order chi connectivity index (χ0) is 13.5. The maximum atomic E-state index is 12.2. The van der Waals surface area contributed by atoms with Crippen molar-refractivity contribution in [2.24, 2.45) is 0 Å². The number of nitrogens with zero attached hydrogens (tertiary/aromatic N) is 2. The molecule has 0 fully saturated rings. The first kappa shape index (κ1) is 14.4. The molecule has 1 N–H and O–H groups in total. The highest BCUT2D eigenvalue weighted by molar-refractivity contribution is 5.93. The molecule has 1 aromatic heterocycles. The molecular weight excluding hydrogens is 230 g/mol. The molecular formula is C13H21N3O2. The molecule has 0 aliphatic carbocycles. The Morgan fingerprint density at radius 3 is 2.50 bits per heavy atom. The zero-order valence-corrected chi connectivity index (χ0v) is 11.3. The number of rotatable bonds is 6. The lowest BCUT2D eigenvalue weighted by Crippen LogP contribution is -2.33. The Balaban J connectivity index is 2.61. The number of H-pyrrole nitrogens is 1. The van der Waals surface area contributed by atoms with Gasteiger partial charge >= 0.3 is 0 Å². The SMILES string of the molecule is CCN(CCCN(C)C)C(=O)c1ccc(=O)[nH]c1. The van der Waals surface area contributed by atoms with E-state index >= 15 is 0 Å². The summed E-state index contributed by atoms with van der Waals surface area (Å²) in [6, 6.07) is 2.94. The third-order valence-corrected chi connectivity index (χ3v) is 2.73. The summed E-state index contributed by atoms with van der Waals surface area (Å²) in [4.78, 5) is 29.5. The van der Waals surface area contributed by atoms with Gasteiger partial charge in [-0.1, -0.05) is 0 Å². The minimum Gasteiger partial charge on any atom is -0.339 e. The molecule has 0 unspecified atom stereocenters. The van der Waals surface area contributed by atoms with Crippen molar-refractivity contribution in [1.82, 2.24) is 14.8 Å². The van der Waals surface area contributed by atoms with Crippen LogP contribution in [-0.2, 0) is 0 Å². The van der Waals surface area contributed by atoms with Gasteiger partial charge in [0.15, 0.2) is 0 Å². The summed E-state index contributed by atoms with van der Waals surface area (Å²) in [5.41, 5.74) is 0.337. The molecule has 0 aliphatic heterocycles. The summed E-state index contributed by atoms with van der Waals surface area (Å²) in [5, 5.41) is 0. The van der Waals surface area contributed by atoms with Crippen LogP contribution in [0.3, 0.4) is 0 Å². The third-order valence-electron chi connectivity index (χ3n) is 2.73. The molecule has 1 heterocycles. The van der Waals surface area contributed by atoms with Crippen molar-refractivity contribution in [3.63, 3.8) is 0 Å². The molecule has 0 radical (unpaired) electrons. The maximum Gasteiger partial charge on any atom is 0.255 e. The van der Waals surface area contributed by atoms with Gasteiger partial charge in [-0.15, -0.1) is 0 Å². The molecule has 100 valence electrons. The normalized spacial score (nSPS) is 10.7. The Bertz CT molecular complexity index is 420. The third kappa shape index (κ3) is 4.33. The fourth-order valence-corrected chi connectivity index (χ4v) is 1.71. The van der Waals surface area contributed by atoms with Crippen LogP contribution >= 0.6 is 0 Å². The van der Waals surface area contributed by atoms with Crippen molar-refractivity contribution < 1.29 is 4.79 Å². The second-order valence-corrected chi connectivity index (χ2v) is 4.48. The van der Waals surface area contributed by atoms with Crippen LogP contribution in [0.4, 0.5) is 0 Å². The Morgan fingerprint density at radius 2 is 2.00 bits per heavy atom. The van der Waals surface area contributed by atoms with Crippen molar-refractivity contribution in [1.29, 1.82) is 0 Å². The Labute approximate surface area is 107 Å². The minimum absolute atomic E-state index is 0.0347. The molecule has 0 spiro atoms. The number of pyridine rings is 1. The van der Waals surface area contributed by atoms with E-state index in [4.69, 9.17) is 0 Å². The standard InChI is InChI=1S/C13H21N3O2/c1-4-16(9-5-8-15(2)3)13(18)11-6-7-12(17)14-10-11/h6-7,10H,4-5,8-9H2,1-3H3,(H,14,17). The number of aromatic nitrogens is 1. The highest BCUT2D eigenvalue weighted by Crippen LogP contribution is 2.03. The summed E-state index contributed by atoms with van der Waals surface area (Å²) in [6.07, 6.45) is 2.41. The highest BCUT2D eigenvalue weighted by Gasteiger charge is 2.13. The summed E-state index contributed by atoms with van der Waals surface area (Å²) in [6.45, 7) is 4.31. The Kier molecular flexibility index (Phi) is 5.58. The second kappa shape index (κ2) is 6.96. The fraction of sp³-hybridized carbons (Fsp3) is 0.538. The smallest absolute Gasteiger partial charge is 0.255 e. The first-order valence-electron chi connectivity index (χ1n) is 6.17. The van der Waals surface area contributed by atoms with Crippen molar-refractivity contribution >= 4 is 5.91 Å². The lowest BCUT2D eigenvalue weighted by Gasteiger charge is -2.21. The first-order chi connectivity index (χ1) is 8.54. The zero-order valence-electron chi connectivity index (χ0n) is 11.3. The van der Waals surface area contributed by atoms with Crippen molar-refractivity contribution in [3.05, 3.63) is 34.2 Å². The molecule has 0 bridgehead atoms. The van der Waals surface area contributed by atoms with Gasteiger partial charge in [0.2, 0.25) is 5.56 Å². The molecule has 0 aliphatic rings. The van der Waals surface area contributed by atoms with Crippen LogP contribution in [0.1, 0.15) is 23.7 Å². The van der Waals surface area contributed by atoms with E-state index in [2.05, 4.69) is 9.88 Å². The van der Waals surface area contributed by atoms with Crippen LogP contribution in [0.25, 0.3) is 0 Å². The van der Waals surface area contributed by atoms with Gasteiger partial charge in [0.1, 0.15) is 0 Å². The lowest BCUT2D eigenvalue weighted by molar-refractivity contribution is 0.0759. The predicted molar refractivity (Wildman–Crippen MR) is 71.8 cm³/mol. The number of nitrogens with one attached hydrogen (secondary N) is 1. The number of hydrogen-bond donors (Lipinski definition) is 1. The predicted octanol–water partition coefficient (Wildman–Crippen LogP) is 0.789. The average Bonchev–Trinajstić information content (AvgIpc) is 2.34. The van der Waals surface area contributed by atoms with Gasteiger partial charge in [0.25, 0.3) is 5.91 Å². The Hall–Kier alpha value is -1.62. The van der Waals surface area contributed by atoms with Crippen molar-refractivity contribution in [2.45, 2.75) is 13.3 Å². The topological polar surface area (TPSA) is 56.4 Å². The number of carbonyl (C=O) groups is 1. The summed E-state index contributed by atoms with van der Waals surface area (Å²) >= 11 is 0. The van der Waals surface area contributed by atoms with E-state index in [1.165, 1.54) is 12.3 Å². The van der Waals surface area contributed by atoms with Crippen LogP contribution in [-0.4, -0.2) is 54.4 Å². The molecule has 0 aromatic carbocycles. The van der Waals surface area contributed by atoms with Gasteiger partial charge in [-0.3, -0.25) is 9.59 Å². The van der Waals surface area contributed by atoms with Crippen LogP contribution in [0.15, 0.2) is 23.1 Å². The van der Waals surface area contributed by atoms with Gasteiger partial charge < -0.3 is 14.8 Å². The second-order valence-electron chi connectivity index (χ2n) is 4.48. The van der Waals surface area contributed by atoms with Crippen LogP contribution in [0.5, 0.6) is 0 Å². The van der Waals surface area contributed by atoms with Crippen LogP contribution in [0.2, 0.25) is 0 Å². The van der Waals surface area contributed by atoms with E-state index < -0.39 is 0 Å². The van der Waals surface area contributed by atoms with Crippen molar-refractivity contribution in [2.75, 3.05) is 33.7 Å². The quantitative estimate of drug-likeness (QED) is 0.813. The number of aromatic amines is 1. The van der Waals surface area contributed by atoms with Gasteiger partial charge in [0.05, 0.1) is 5.56 Å². The van der Waals surface area contributed by atoms with E-state index in [0.29, 0.717) is 12.1 Å². The van der Waals surface area contributed by atoms with E-state index in [9.17, 15) is 9.59 Å². The minimum atomic E-state index is -0.192. The lowest BCUT2D eigenvalue weighted by atomic mass is 10.2. The first-order valence-corrected chi connectivity index (χ1v) is 6.17. The number of carbonyl (C=O) groups excluding carboxylic acids is 1. The fourth-order valence-electron chi connectivity index (χ4n) is 1.71. The molecule has 1 rings (SSSR count). The Morgan fingerprint density at radius 1 is 1.28 bits per heavy atom. The van der Waals surface area contributed by atoms with Gasteiger partial charge in [-0.05, 0) is 40.1 Å². The number of hydrogen-bond acceptors (Lipinski definition) is 3. The monoisotopic (exact) mass is 251 g/mol. The van der Waals surface area contributed by atoms with E-state index in [1.807, 2.05) is 21.0 Å². The molecule has 18 heavy (non-hydrogen) atoms. The molecule has 5 nitrogen and oxygen atoms in total. The van der Waals surface area contributed by atoms with E-state index in [-0.39, 0.29) is 11.5 Å². The molecule has 0 saturated heterocycles. The van der Waals surface area contributed by atoms with Crippen molar-refractivity contribution in [3.8, 4) is 0 Å². The summed E-state index contributed by atoms with van der Waals surface area (Å²) < 4.78 is 0. The van der Waals surface area contributed by atoms with Crippen LogP contribution in [0, 0.1) is 0 Å². The average molecular weight is 251 g/mol. The molecule has 0 saturated carbocycles. The van der Waals surface area contributed by atoms with Gasteiger partial charge in [-0.25, -0.2) is 0 Å². The highest BCUT2D eigenvalue weighted by atomic mass is 16.2. The molecule has 1 amide bonds. The van der Waals surface area contributed by atoms with E-state index in [1.54, 1.807) is 11.0 Å². The number of amides is 1. The molecule has 0 atom stereocenters. The summed E-state index contributed by atoms with van der Waals surface area (Å²) in [7, 11) is 4.03. The molecule has 1 aromatic rings. The van der Waals surface area contributed by atoms with E-state index in [0.717, 1.165) is 19.5 Å². The van der Waals surface area contributed by atoms with Crippen LogP contribution < -0.4 is 5.56 Å².